The van der Waals surface area contributed by atoms with Crippen LogP contribution < -0.4 is 0 Å². The Labute approximate surface area is 84.5 Å². The van der Waals surface area contributed by atoms with Gasteiger partial charge in [0.1, 0.15) is 0 Å². The normalized spacial score (nSPS) is 13.6. The van der Waals surface area contributed by atoms with Crippen LogP contribution in [0.1, 0.15) is 52.9 Å². The van der Waals surface area contributed by atoms with E-state index in [4.69, 9.17) is 0 Å². The molecular weight excluding hydrogens is 158 g/mol. The van der Waals surface area contributed by atoms with Gasteiger partial charge in [-0.15, -0.1) is 0 Å². The Morgan fingerprint density at radius 1 is 1.08 bits per heavy atom. The zero-order valence-corrected chi connectivity index (χ0v) is 9.97. The van der Waals surface area contributed by atoms with Crippen molar-refractivity contribution in [3.8, 4) is 0 Å². The molecule has 0 heterocycles. The minimum absolute atomic E-state index is 0.927. The highest BCUT2D eigenvalue weighted by Crippen LogP contribution is 2.13. The van der Waals surface area contributed by atoms with Crippen LogP contribution in [0.15, 0.2) is 0 Å². The smallest absolute Gasteiger partial charge is 0.000650 e. The van der Waals surface area contributed by atoms with Crippen LogP contribution >= 0.6 is 0 Å². The first kappa shape index (κ1) is 13.0. The molecule has 0 saturated carbocycles. The van der Waals surface area contributed by atoms with E-state index in [1.807, 2.05) is 0 Å². The highest BCUT2D eigenvalue weighted by molar-refractivity contribution is 4.62. The van der Waals surface area contributed by atoms with Crippen molar-refractivity contribution in [1.29, 1.82) is 0 Å². The second-order valence-corrected chi connectivity index (χ2v) is 4.18. The number of nitrogens with zero attached hydrogens (tertiary/aromatic N) is 1. The van der Waals surface area contributed by atoms with Crippen molar-refractivity contribution in [3.63, 3.8) is 0 Å². The monoisotopic (exact) mass is 185 g/mol. The van der Waals surface area contributed by atoms with Crippen LogP contribution in [0.5, 0.6) is 0 Å². The summed E-state index contributed by atoms with van der Waals surface area (Å²) in [6.45, 7) is 9.40. The van der Waals surface area contributed by atoms with Gasteiger partial charge < -0.3 is 4.90 Å². The van der Waals surface area contributed by atoms with Crippen molar-refractivity contribution >= 4 is 0 Å². The fraction of sp³-hybridized carbons (Fsp3) is 1.00. The van der Waals surface area contributed by atoms with Crippen LogP contribution in [0.25, 0.3) is 0 Å². The average Bonchev–Trinajstić information content (AvgIpc) is 2.12. The van der Waals surface area contributed by atoms with Gasteiger partial charge in [0.25, 0.3) is 0 Å². The average molecular weight is 185 g/mol. The predicted octanol–water partition coefficient (Wildman–Crippen LogP) is 3.54. The standard InChI is InChI=1S/C12H27N/c1-5-8-9-12(7-3)11-13(4)10-6-2/h12H,5-11H2,1-4H3. The Kier molecular flexibility index (Phi) is 8.53. The third-order valence-corrected chi connectivity index (χ3v) is 2.72. The lowest BCUT2D eigenvalue weighted by molar-refractivity contribution is 0.260. The summed E-state index contributed by atoms with van der Waals surface area (Å²) in [5.74, 6) is 0.927. The summed E-state index contributed by atoms with van der Waals surface area (Å²) in [7, 11) is 2.25. The van der Waals surface area contributed by atoms with Crippen LogP contribution in [0.2, 0.25) is 0 Å². The number of hydrogen-bond acceptors (Lipinski definition) is 1. The van der Waals surface area contributed by atoms with Gasteiger partial charge in [0.2, 0.25) is 0 Å². The van der Waals surface area contributed by atoms with Gasteiger partial charge in [-0.3, -0.25) is 0 Å². The van der Waals surface area contributed by atoms with Gasteiger partial charge >= 0.3 is 0 Å². The van der Waals surface area contributed by atoms with Gasteiger partial charge in [0.05, 0.1) is 0 Å². The van der Waals surface area contributed by atoms with Crippen LogP contribution in [-0.4, -0.2) is 25.0 Å². The third kappa shape index (κ3) is 7.06. The van der Waals surface area contributed by atoms with E-state index in [1.165, 1.54) is 45.2 Å². The molecule has 0 aliphatic rings. The Hall–Kier alpha value is -0.0400. The maximum absolute atomic E-state index is 2.48. The van der Waals surface area contributed by atoms with Gasteiger partial charge in [-0.2, -0.15) is 0 Å². The lowest BCUT2D eigenvalue weighted by Crippen LogP contribution is -2.26. The largest absolute Gasteiger partial charge is 0.306 e. The SMILES string of the molecule is CCCCC(CC)CN(C)CCC. The molecule has 0 fully saturated rings. The van der Waals surface area contributed by atoms with Crippen molar-refractivity contribution < 1.29 is 0 Å². The summed E-state index contributed by atoms with van der Waals surface area (Å²) in [5.41, 5.74) is 0. The van der Waals surface area contributed by atoms with Crippen molar-refractivity contribution in [2.24, 2.45) is 5.92 Å². The Bertz CT molecular complexity index is 101. The number of hydrogen-bond donors (Lipinski definition) is 0. The zero-order chi connectivity index (χ0) is 10.1. The molecule has 0 aliphatic heterocycles. The van der Waals surface area contributed by atoms with Crippen molar-refractivity contribution in [2.45, 2.75) is 52.9 Å². The second kappa shape index (κ2) is 8.55. The van der Waals surface area contributed by atoms with E-state index in [2.05, 4.69) is 32.7 Å². The Balaban J connectivity index is 3.56. The summed E-state index contributed by atoms with van der Waals surface area (Å²) in [5, 5.41) is 0. The maximum atomic E-state index is 2.48. The molecule has 0 aromatic rings. The fourth-order valence-electron chi connectivity index (χ4n) is 1.83. The van der Waals surface area contributed by atoms with Gasteiger partial charge in [-0.25, -0.2) is 0 Å². The van der Waals surface area contributed by atoms with E-state index >= 15 is 0 Å². The molecule has 0 aromatic heterocycles. The van der Waals surface area contributed by atoms with E-state index in [9.17, 15) is 0 Å². The highest BCUT2D eigenvalue weighted by Gasteiger charge is 2.08. The van der Waals surface area contributed by atoms with Crippen molar-refractivity contribution in [3.05, 3.63) is 0 Å². The zero-order valence-electron chi connectivity index (χ0n) is 9.97. The van der Waals surface area contributed by atoms with Gasteiger partial charge in [-0.05, 0) is 32.4 Å². The maximum Gasteiger partial charge on any atom is 0.000650 e. The Morgan fingerprint density at radius 3 is 2.23 bits per heavy atom. The summed E-state index contributed by atoms with van der Waals surface area (Å²) in [6, 6.07) is 0. The molecule has 0 N–H and O–H groups in total. The molecule has 80 valence electrons. The first-order valence-corrected chi connectivity index (χ1v) is 5.93. The molecule has 0 spiro atoms. The molecule has 0 aliphatic carbocycles. The lowest BCUT2D eigenvalue weighted by Gasteiger charge is -2.22. The van der Waals surface area contributed by atoms with Crippen LogP contribution in [0, 0.1) is 5.92 Å². The van der Waals surface area contributed by atoms with E-state index in [1.54, 1.807) is 0 Å². The topological polar surface area (TPSA) is 3.24 Å². The molecule has 0 saturated heterocycles. The Morgan fingerprint density at radius 2 is 1.77 bits per heavy atom. The molecule has 0 rings (SSSR count). The molecule has 1 unspecified atom stereocenters. The summed E-state index contributed by atoms with van der Waals surface area (Å²) < 4.78 is 0. The molecule has 0 amide bonds. The van der Waals surface area contributed by atoms with Gasteiger partial charge in [0.15, 0.2) is 0 Å². The number of unbranched alkanes of at least 4 members (excludes halogenated alkanes) is 1. The van der Waals surface area contributed by atoms with Crippen LogP contribution in [-0.2, 0) is 0 Å². The molecule has 0 radical (unpaired) electrons. The first-order chi connectivity index (χ1) is 6.24. The highest BCUT2D eigenvalue weighted by atomic mass is 15.1. The summed E-state index contributed by atoms with van der Waals surface area (Å²) in [4.78, 5) is 2.48. The van der Waals surface area contributed by atoms with E-state index in [0.29, 0.717) is 0 Å². The minimum atomic E-state index is 0.927. The molecule has 1 heteroatoms. The molecule has 0 bridgehead atoms. The fourth-order valence-corrected chi connectivity index (χ4v) is 1.83. The molecule has 1 atom stereocenters. The molecule has 13 heavy (non-hydrogen) atoms. The van der Waals surface area contributed by atoms with Gasteiger partial charge in [0, 0.05) is 6.54 Å². The summed E-state index contributed by atoms with van der Waals surface area (Å²) >= 11 is 0. The third-order valence-electron chi connectivity index (χ3n) is 2.72. The van der Waals surface area contributed by atoms with Gasteiger partial charge in [-0.1, -0.05) is 40.0 Å². The van der Waals surface area contributed by atoms with Crippen molar-refractivity contribution in [2.75, 3.05) is 20.1 Å². The molecule has 0 aromatic carbocycles. The van der Waals surface area contributed by atoms with Crippen LogP contribution in [0.3, 0.4) is 0 Å². The predicted molar refractivity (Wildman–Crippen MR) is 61.1 cm³/mol. The van der Waals surface area contributed by atoms with Crippen LogP contribution in [0.4, 0.5) is 0 Å². The number of rotatable bonds is 8. The second-order valence-electron chi connectivity index (χ2n) is 4.18. The quantitative estimate of drug-likeness (QED) is 0.559. The molecule has 1 nitrogen and oxygen atoms in total. The van der Waals surface area contributed by atoms with E-state index in [0.717, 1.165) is 5.92 Å². The van der Waals surface area contributed by atoms with E-state index < -0.39 is 0 Å². The molecular formula is C12H27N. The van der Waals surface area contributed by atoms with E-state index in [-0.39, 0.29) is 0 Å². The summed E-state index contributed by atoms with van der Waals surface area (Å²) in [6.07, 6.45) is 6.78. The minimum Gasteiger partial charge on any atom is -0.306 e. The lowest BCUT2D eigenvalue weighted by atomic mass is 9.99. The first-order valence-electron chi connectivity index (χ1n) is 5.93. The van der Waals surface area contributed by atoms with Crippen molar-refractivity contribution in [1.82, 2.24) is 4.90 Å².